The fourth-order valence-corrected chi connectivity index (χ4v) is 5.34. The molecule has 174 valence electrons. The molecule has 0 unspecified atom stereocenters. The van der Waals surface area contributed by atoms with Gasteiger partial charge in [0.15, 0.2) is 0 Å². The molecule has 1 heterocycles. The predicted molar refractivity (Wildman–Crippen MR) is 119 cm³/mol. The van der Waals surface area contributed by atoms with E-state index in [-0.39, 0.29) is 12.6 Å². The molecule has 11 nitrogen and oxygen atoms in total. The molecule has 0 saturated carbocycles. The van der Waals surface area contributed by atoms with Crippen LogP contribution in [0.25, 0.3) is 0 Å². The molecule has 3 N–H and O–H groups in total. The van der Waals surface area contributed by atoms with Gasteiger partial charge in [-0.25, -0.2) is 36.3 Å². The van der Waals surface area contributed by atoms with E-state index >= 15 is 0 Å². The summed E-state index contributed by atoms with van der Waals surface area (Å²) in [7, 11) is -8.98. The monoisotopic (exact) mass is 491 g/mol. The van der Waals surface area contributed by atoms with Crippen molar-refractivity contribution in [3.63, 3.8) is 0 Å². The third kappa shape index (κ3) is 6.55. The summed E-state index contributed by atoms with van der Waals surface area (Å²) in [6.07, 6.45) is 0. The lowest BCUT2D eigenvalue weighted by atomic mass is 10.2. The minimum Gasteiger partial charge on any atom is -0.282 e. The lowest BCUT2D eigenvalue weighted by Gasteiger charge is -2.13. The SMILES string of the molecule is Cc1cc(C)nc(NC(=O)NS(=O)(=O)c2ccccc2S(=O)(=O)NOCc2ccccc2)n1. The van der Waals surface area contributed by atoms with Crippen LogP contribution in [0.4, 0.5) is 10.7 Å². The Labute approximate surface area is 191 Å². The molecule has 0 aliphatic carbocycles. The minimum absolute atomic E-state index is 0.0778. The number of carbonyl (C=O) groups is 1. The summed E-state index contributed by atoms with van der Waals surface area (Å²) >= 11 is 0. The second-order valence-electron chi connectivity index (χ2n) is 6.84. The van der Waals surface area contributed by atoms with E-state index in [9.17, 15) is 21.6 Å². The summed E-state index contributed by atoms with van der Waals surface area (Å²) in [5, 5.41) is 2.22. The zero-order valence-electron chi connectivity index (χ0n) is 17.6. The van der Waals surface area contributed by atoms with Gasteiger partial charge in [0.05, 0.1) is 6.61 Å². The number of benzene rings is 2. The van der Waals surface area contributed by atoms with Crippen molar-refractivity contribution in [3.05, 3.63) is 77.6 Å². The van der Waals surface area contributed by atoms with Gasteiger partial charge in [-0.1, -0.05) is 47.3 Å². The molecule has 0 bridgehead atoms. The van der Waals surface area contributed by atoms with Crippen molar-refractivity contribution in [2.75, 3.05) is 5.32 Å². The van der Waals surface area contributed by atoms with Crippen molar-refractivity contribution in [1.82, 2.24) is 19.6 Å². The van der Waals surface area contributed by atoms with Crippen molar-refractivity contribution in [1.29, 1.82) is 0 Å². The van der Waals surface area contributed by atoms with Crippen LogP contribution < -0.4 is 14.9 Å². The molecular formula is C20H21N5O6S2. The number of rotatable bonds is 8. The van der Waals surface area contributed by atoms with E-state index in [0.29, 0.717) is 17.0 Å². The van der Waals surface area contributed by atoms with Crippen molar-refractivity contribution < 1.29 is 26.5 Å². The van der Waals surface area contributed by atoms with Crippen LogP contribution in [0.5, 0.6) is 0 Å². The normalized spacial score (nSPS) is 11.7. The summed E-state index contributed by atoms with van der Waals surface area (Å²) in [4.78, 5) is 25.9. The number of aromatic nitrogens is 2. The summed E-state index contributed by atoms with van der Waals surface area (Å²) in [5.41, 5.74) is 1.84. The van der Waals surface area contributed by atoms with E-state index in [1.54, 1.807) is 55.0 Å². The fraction of sp³-hybridized carbons (Fsp3) is 0.150. The third-order valence-corrected chi connectivity index (χ3v) is 6.90. The van der Waals surface area contributed by atoms with Crippen LogP contribution in [0.3, 0.4) is 0 Å². The van der Waals surface area contributed by atoms with Crippen LogP contribution in [-0.2, 0) is 31.5 Å². The van der Waals surface area contributed by atoms with Gasteiger partial charge in [-0.05, 0) is 37.6 Å². The van der Waals surface area contributed by atoms with E-state index in [0.717, 1.165) is 12.1 Å². The lowest BCUT2D eigenvalue weighted by molar-refractivity contribution is 0.0794. The van der Waals surface area contributed by atoms with E-state index in [2.05, 4.69) is 15.3 Å². The largest absolute Gasteiger partial charge is 0.335 e. The molecule has 0 radical (unpaired) electrons. The Bertz CT molecular complexity index is 1340. The van der Waals surface area contributed by atoms with Gasteiger partial charge in [-0.15, -0.1) is 0 Å². The van der Waals surface area contributed by atoms with Crippen LogP contribution in [0.2, 0.25) is 0 Å². The Morgan fingerprint density at radius 3 is 2.00 bits per heavy atom. The Morgan fingerprint density at radius 1 is 0.848 bits per heavy atom. The smallest absolute Gasteiger partial charge is 0.282 e. The standard InChI is InChI=1S/C20H21N5O6S2/c1-14-12-15(2)22-19(21-14)23-20(26)24-32(27,28)17-10-6-7-11-18(17)33(29,30)25-31-13-16-8-4-3-5-9-16/h3-12,25H,13H2,1-2H3,(H2,21,22,23,24,26). The molecule has 2 amide bonds. The summed E-state index contributed by atoms with van der Waals surface area (Å²) in [6, 6.07) is 14.1. The van der Waals surface area contributed by atoms with E-state index in [1.165, 1.54) is 12.1 Å². The molecule has 3 rings (SSSR count). The molecular weight excluding hydrogens is 470 g/mol. The quantitative estimate of drug-likeness (QED) is 0.404. The Morgan fingerprint density at radius 2 is 1.39 bits per heavy atom. The highest BCUT2D eigenvalue weighted by Gasteiger charge is 2.28. The fourth-order valence-electron chi connectivity index (χ4n) is 2.79. The molecule has 0 aliphatic heterocycles. The summed E-state index contributed by atoms with van der Waals surface area (Å²) in [5.74, 6) is -0.0999. The minimum atomic E-state index is -4.58. The second-order valence-corrected chi connectivity index (χ2v) is 10.1. The lowest BCUT2D eigenvalue weighted by Crippen LogP contribution is -2.36. The van der Waals surface area contributed by atoms with Gasteiger partial charge in [-0.2, -0.15) is 0 Å². The van der Waals surface area contributed by atoms with Crippen LogP contribution in [0, 0.1) is 13.8 Å². The maximum absolute atomic E-state index is 12.8. The number of hydrogen-bond donors (Lipinski definition) is 3. The molecule has 2 aromatic carbocycles. The topological polar surface area (TPSA) is 156 Å². The summed E-state index contributed by atoms with van der Waals surface area (Å²) in [6.45, 7) is 3.29. The second kappa shape index (κ2) is 10.0. The third-order valence-electron chi connectivity index (χ3n) is 4.11. The van der Waals surface area contributed by atoms with Gasteiger partial charge in [0.1, 0.15) is 9.79 Å². The zero-order valence-corrected chi connectivity index (χ0v) is 19.3. The van der Waals surface area contributed by atoms with Crippen molar-refractivity contribution in [2.45, 2.75) is 30.2 Å². The first kappa shape index (κ1) is 24.3. The summed E-state index contributed by atoms with van der Waals surface area (Å²) < 4.78 is 52.7. The number of anilines is 1. The van der Waals surface area contributed by atoms with E-state index < -0.39 is 35.9 Å². The van der Waals surface area contributed by atoms with Gasteiger partial charge < -0.3 is 0 Å². The van der Waals surface area contributed by atoms with Crippen LogP contribution >= 0.6 is 0 Å². The molecule has 0 saturated heterocycles. The first-order valence-corrected chi connectivity index (χ1v) is 12.5. The molecule has 1 aromatic heterocycles. The Hall–Kier alpha value is -3.39. The average Bonchev–Trinajstić information content (AvgIpc) is 2.73. The van der Waals surface area contributed by atoms with Crippen LogP contribution in [0.1, 0.15) is 17.0 Å². The number of carbonyl (C=O) groups excluding carboxylic acids is 1. The maximum Gasteiger partial charge on any atom is 0.335 e. The number of nitrogens with one attached hydrogen (secondary N) is 3. The van der Waals surface area contributed by atoms with Gasteiger partial charge in [-0.3, -0.25) is 10.2 Å². The van der Waals surface area contributed by atoms with Crippen molar-refractivity contribution in [3.8, 4) is 0 Å². The molecule has 3 aromatic rings. The average molecular weight is 492 g/mol. The first-order valence-electron chi connectivity index (χ1n) is 9.49. The Kier molecular flexibility index (Phi) is 7.38. The number of amides is 2. The highest BCUT2D eigenvalue weighted by Crippen LogP contribution is 2.20. The zero-order chi connectivity index (χ0) is 24.1. The maximum atomic E-state index is 12.8. The highest BCUT2D eigenvalue weighted by molar-refractivity contribution is 7.92. The molecule has 0 atom stereocenters. The number of hydrogen-bond acceptors (Lipinski definition) is 8. The van der Waals surface area contributed by atoms with Crippen molar-refractivity contribution in [2.24, 2.45) is 0 Å². The molecule has 0 aliphatic rings. The molecule has 13 heteroatoms. The van der Waals surface area contributed by atoms with E-state index in [4.69, 9.17) is 4.84 Å². The van der Waals surface area contributed by atoms with Gasteiger partial charge in [0, 0.05) is 11.4 Å². The number of aryl methyl sites for hydroxylation is 2. The van der Waals surface area contributed by atoms with Crippen LogP contribution in [0.15, 0.2) is 70.5 Å². The van der Waals surface area contributed by atoms with Gasteiger partial charge in [0.25, 0.3) is 20.0 Å². The first-order chi connectivity index (χ1) is 15.6. The molecule has 0 fully saturated rings. The number of nitrogens with zero attached hydrogens (tertiary/aromatic N) is 2. The van der Waals surface area contributed by atoms with Crippen LogP contribution in [-0.4, -0.2) is 32.8 Å². The van der Waals surface area contributed by atoms with Gasteiger partial charge in [0.2, 0.25) is 5.95 Å². The number of sulfonamides is 2. The molecule has 33 heavy (non-hydrogen) atoms. The number of urea groups is 1. The van der Waals surface area contributed by atoms with Crippen molar-refractivity contribution >= 4 is 32.0 Å². The van der Waals surface area contributed by atoms with E-state index in [1.807, 2.05) is 4.89 Å². The highest BCUT2D eigenvalue weighted by atomic mass is 32.2. The Balaban J connectivity index is 1.76. The predicted octanol–water partition coefficient (Wildman–Crippen LogP) is 2.01. The molecule has 0 spiro atoms. The van der Waals surface area contributed by atoms with Gasteiger partial charge >= 0.3 is 6.03 Å².